The molecular weight excluding hydrogens is 274 g/mol. The maximum Gasteiger partial charge on any atom is 0.339 e. The normalized spacial score (nSPS) is 10.8. The number of thiophene rings is 1. The first-order chi connectivity index (χ1) is 9.60. The Hall–Kier alpha value is -1.85. The summed E-state index contributed by atoms with van der Waals surface area (Å²) in [6, 6.07) is 7.31. The Kier molecular flexibility index (Phi) is 4.76. The predicted molar refractivity (Wildman–Crippen MR) is 79.4 cm³/mol. The topological polar surface area (TPSA) is 49.8 Å². The average molecular weight is 291 g/mol. The summed E-state index contributed by atoms with van der Waals surface area (Å²) < 4.78 is 5.14. The maximum absolute atomic E-state index is 11.0. The van der Waals surface area contributed by atoms with Crippen molar-refractivity contribution in [3.8, 4) is 5.75 Å². The number of carboxylic acids is 1. The van der Waals surface area contributed by atoms with Gasteiger partial charge in [-0.05, 0) is 47.1 Å². The smallest absolute Gasteiger partial charge is 0.339 e. The van der Waals surface area contributed by atoms with E-state index in [1.54, 1.807) is 23.5 Å². The molecule has 2 aromatic rings. The van der Waals surface area contributed by atoms with Crippen LogP contribution in [0.15, 0.2) is 35.0 Å². The number of hydrogen-bond acceptors (Lipinski definition) is 4. The summed E-state index contributed by atoms with van der Waals surface area (Å²) in [6.45, 7) is 1.61. The zero-order valence-corrected chi connectivity index (χ0v) is 12.3. The minimum absolute atomic E-state index is 0.191. The van der Waals surface area contributed by atoms with Crippen molar-refractivity contribution in [3.05, 3.63) is 51.7 Å². The molecule has 1 heterocycles. The molecule has 0 radical (unpaired) electrons. The van der Waals surface area contributed by atoms with Crippen LogP contribution >= 0.6 is 11.3 Å². The Labute approximate surface area is 122 Å². The standard InChI is InChI=1S/C15H17NO3S/c1-16(9-12-5-6-20-10-12)8-11-3-4-13(15(17)18)14(7-11)19-2/h3-7,10H,8-9H2,1-2H3,(H,17,18). The van der Waals surface area contributed by atoms with Gasteiger partial charge in [0, 0.05) is 13.1 Å². The van der Waals surface area contributed by atoms with Crippen LogP contribution in [0.1, 0.15) is 21.5 Å². The fraction of sp³-hybridized carbons (Fsp3) is 0.267. The number of hydrogen-bond donors (Lipinski definition) is 1. The zero-order valence-electron chi connectivity index (χ0n) is 11.5. The van der Waals surface area contributed by atoms with E-state index >= 15 is 0 Å². The molecule has 0 unspecified atom stereocenters. The van der Waals surface area contributed by atoms with Crippen molar-refractivity contribution in [3.63, 3.8) is 0 Å². The number of carbonyl (C=O) groups is 1. The van der Waals surface area contributed by atoms with Crippen LogP contribution in [0.4, 0.5) is 0 Å². The van der Waals surface area contributed by atoms with E-state index in [4.69, 9.17) is 9.84 Å². The fourth-order valence-corrected chi connectivity index (χ4v) is 2.73. The van der Waals surface area contributed by atoms with Crippen molar-refractivity contribution in [2.45, 2.75) is 13.1 Å². The summed E-state index contributed by atoms with van der Waals surface area (Å²) in [5.41, 5.74) is 2.51. The molecule has 4 nitrogen and oxygen atoms in total. The molecule has 106 valence electrons. The van der Waals surface area contributed by atoms with Gasteiger partial charge in [-0.2, -0.15) is 11.3 Å². The van der Waals surface area contributed by atoms with Crippen molar-refractivity contribution in [1.82, 2.24) is 4.90 Å². The van der Waals surface area contributed by atoms with Crippen molar-refractivity contribution < 1.29 is 14.6 Å². The van der Waals surface area contributed by atoms with E-state index in [-0.39, 0.29) is 5.56 Å². The Bertz CT molecular complexity index is 581. The number of ether oxygens (including phenoxy) is 1. The lowest BCUT2D eigenvalue weighted by Crippen LogP contribution is -2.17. The van der Waals surface area contributed by atoms with Crippen LogP contribution in [0.3, 0.4) is 0 Å². The Morgan fingerprint density at radius 1 is 1.30 bits per heavy atom. The van der Waals surface area contributed by atoms with Crippen molar-refractivity contribution in [1.29, 1.82) is 0 Å². The molecule has 0 atom stereocenters. The van der Waals surface area contributed by atoms with Gasteiger partial charge in [0.05, 0.1) is 7.11 Å². The summed E-state index contributed by atoms with van der Waals surface area (Å²) in [5.74, 6) is -0.570. The lowest BCUT2D eigenvalue weighted by atomic mass is 10.1. The van der Waals surface area contributed by atoms with E-state index in [1.807, 2.05) is 13.1 Å². The largest absolute Gasteiger partial charge is 0.496 e. The first kappa shape index (κ1) is 14.6. The molecule has 0 saturated heterocycles. The third-order valence-corrected chi connectivity index (χ3v) is 3.71. The average Bonchev–Trinajstić information content (AvgIpc) is 2.90. The minimum atomic E-state index is -0.972. The fourth-order valence-electron chi connectivity index (χ4n) is 2.07. The molecule has 0 amide bonds. The molecule has 0 fully saturated rings. The highest BCUT2D eigenvalue weighted by Gasteiger charge is 2.12. The van der Waals surface area contributed by atoms with E-state index in [1.165, 1.54) is 12.7 Å². The third-order valence-electron chi connectivity index (χ3n) is 2.98. The van der Waals surface area contributed by atoms with Crippen LogP contribution in [-0.2, 0) is 13.1 Å². The Balaban J connectivity index is 2.07. The molecule has 1 aromatic carbocycles. The van der Waals surface area contributed by atoms with E-state index in [2.05, 4.69) is 21.7 Å². The second-order valence-corrected chi connectivity index (χ2v) is 5.42. The van der Waals surface area contributed by atoms with Crippen molar-refractivity contribution in [2.24, 2.45) is 0 Å². The van der Waals surface area contributed by atoms with Crippen LogP contribution in [0.2, 0.25) is 0 Å². The molecule has 2 rings (SSSR count). The van der Waals surface area contributed by atoms with Gasteiger partial charge in [-0.3, -0.25) is 4.90 Å². The second kappa shape index (κ2) is 6.54. The number of aromatic carboxylic acids is 1. The molecule has 0 aliphatic heterocycles. The summed E-state index contributed by atoms with van der Waals surface area (Å²) in [5, 5.41) is 13.2. The van der Waals surface area contributed by atoms with E-state index in [0.717, 1.165) is 18.7 Å². The minimum Gasteiger partial charge on any atom is -0.496 e. The number of carboxylic acid groups (broad SMARTS) is 1. The zero-order chi connectivity index (χ0) is 14.5. The first-order valence-electron chi connectivity index (χ1n) is 6.20. The van der Waals surface area contributed by atoms with E-state index in [0.29, 0.717) is 5.75 Å². The molecule has 0 saturated carbocycles. The van der Waals surface area contributed by atoms with Crippen LogP contribution in [0.5, 0.6) is 5.75 Å². The number of benzene rings is 1. The Morgan fingerprint density at radius 3 is 2.65 bits per heavy atom. The highest BCUT2D eigenvalue weighted by molar-refractivity contribution is 7.07. The molecule has 1 N–H and O–H groups in total. The summed E-state index contributed by atoms with van der Waals surface area (Å²) >= 11 is 1.69. The van der Waals surface area contributed by atoms with Crippen LogP contribution < -0.4 is 4.74 Å². The van der Waals surface area contributed by atoms with Gasteiger partial charge in [0.15, 0.2) is 0 Å². The number of nitrogens with zero attached hydrogens (tertiary/aromatic N) is 1. The molecule has 0 spiro atoms. The van der Waals surface area contributed by atoms with Gasteiger partial charge in [0.2, 0.25) is 0 Å². The second-order valence-electron chi connectivity index (χ2n) is 4.64. The summed E-state index contributed by atoms with van der Waals surface area (Å²) in [7, 11) is 3.52. The first-order valence-corrected chi connectivity index (χ1v) is 7.14. The quantitative estimate of drug-likeness (QED) is 0.888. The van der Waals surface area contributed by atoms with Gasteiger partial charge in [-0.15, -0.1) is 0 Å². The molecular formula is C15H17NO3S. The van der Waals surface area contributed by atoms with Gasteiger partial charge in [-0.1, -0.05) is 6.07 Å². The molecule has 0 bridgehead atoms. The molecule has 5 heteroatoms. The number of rotatable bonds is 6. The van der Waals surface area contributed by atoms with Crippen LogP contribution in [0.25, 0.3) is 0 Å². The lowest BCUT2D eigenvalue weighted by molar-refractivity contribution is 0.0693. The van der Waals surface area contributed by atoms with Crippen LogP contribution in [-0.4, -0.2) is 30.1 Å². The SMILES string of the molecule is COc1cc(CN(C)Cc2ccsc2)ccc1C(=O)O. The maximum atomic E-state index is 11.0. The van der Waals surface area contributed by atoms with Gasteiger partial charge >= 0.3 is 5.97 Å². The molecule has 0 aliphatic rings. The lowest BCUT2D eigenvalue weighted by Gasteiger charge is -2.17. The molecule has 1 aromatic heterocycles. The van der Waals surface area contributed by atoms with Gasteiger partial charge in [-0.25, -0.2) is 4.79 Å². The molecule has 20 heavy (non-hydrogen) atoms. The van der Waals surface area contributed by atoms with Crippen molar-refractivity contribution >= 4 is 17.3 Å². The summed E-state index contributed by atoms with van der Waals surface area (Å²) in [4.78, 5) is 13.2. The van der Waals surface area contributed by atoms with E-state index < -0.39 is 5.97 Å². The monoisotopic (exact) mass is 291 g/mol. The van der Waals surface area contributed by atoms with Gasteiger partial charge in [0.1, 0.15) is 11.3 Å². The van der Waals surface area contributed by atoms with E-state index in [9.17, 15) is 4.79 Å². The third kappa shape index (κ3) is 3.59. The van der Waals surface area contributed by atoms with Crippen LogP contribution in [0, 0.1) is 0 Å². The van der Waals surface area contributed by atoms with Crippen molar-refractivity contribution in [2.75, 3.05) is 14.2 Å². The predicted octanol–water partition coefficient (Wildman–Crippen LogP) is 3.09. The highest BCUT2D eigenvalue weighted by atomic mass is 32.1. The molecule has 0 aliphatic carbocycles. The Morgan fingerprint density at radius 2 is 2.05 bits per heavy atom. The van der Waals surface area contributed by atoms with Gasteiger partial charge < -0.3 is 9.84 Å². The summed E-state index contributed by atoms with van der Waals surface area (Å²) in [6.07, 6.45) is 0. The number of methoxy groups -OCH3 is 1. The highest BCUT2D eigenvalue weighted by Crippen LogP contribution is 2.21. The van der Waals surface area contributed by atoms with Gasteiger partial charge in [0.25, 0.3) is 0 Å².